The molecular formula is C12H11N3O8. The largest absolute Gasteiger partial charge is 0.454 e. The van der Waals surface area contributed by atoms with Crippen molar-refractivity contribution in [3.8, 4) is 0 Å². The van der Waals surface area contributed by atoms with Crippen LogP contribution in [0.3, 0.4) is 0 Å². The molecule has 1 atom stereocenters. The lowest BCUT2D eigenvalue weighted by atomic mass is 10.1. The zero-order valence-corrected chi connectivity index (χ0v) is 12.0. The van der Waals surface area contributed by atoms with Crippen LogP contribution in [-0.2, 0) is 9.53 Å². The van der Waals surface area contributed by atoms with Crippen molar-refractivity contribution >= 4 is 23.0 Å². The Kier molecular flexibility index (Phi) is 5.07. The van der Waals surface area contributed by atoms with Crippen LogP contribution in [0.15, 0.2) is 24.3 Å². The molecule has 1 unspecified atom stereocenters. The SMILES string of the molecule is C=C(C)C(=O)OC(C)c1cc([N+](=O)[O-])c([N+](=O)[O-])c([N+](=O)[O-])c1. The summed E-state index contributed by atoms with van der Waals surface area (Å²) in [6, 6.07) is 1.53. The summed E-state index contributed by atoms with van der Waals surface area (Å²) >= 11 is 0. The number of nitro benzene ring substituents is 3. The molecular weight excluding hydrogens is 314 g/mol. The minimum Gasteiger partial charge on any atom is -0.454 e. The number of benzene rings is 1. The van der Waals surface area contributed by atoms with Crippen LogP contribution < -0.4 is 0 Å². The monoisotopic (exact) mass is 325 g/mol. The number of carbonyl (C=O) groups is 1. The predicted octanol–water partition coefficient (Wildman–Crippen LogP) is 2.59. The van der Waals surface area contributed by atoms with E-state index < -0.39 is 43.9 Å². The van der Waals surface area contributed by atoms with Crippen LogP contribution in [0, 0.1) is 30.3 Å². The quantitative estimate of drug-likeness (QED) is 0.334. The lowest BCUT2D eigenvalue weighted by Crippen LogP contribution is -2.10. The Morgan fingerprint density at radius 2 is 1.52 bits per heavy atom. The molecule has 0 spiro atoms. The Balaban J connectivity index is 3.49. The van der Waals surface area contributed by atoms with E-state index in [0.717, 1.165) is 12.1 Å². The van der Waals surface area contributed by atoms with Gasteiger partial charge < -0.3 is 4.74 Å². The zero-order chi connectivity index (χ0) is 17.9. The van der Waals surface area contributed by atoms with Crippen LogP contribution in [0.2, 0.25) is 0 Å². The van der Waals surface area contributed by atoms with Gasteiger partial charge in [-0.15, -0.1) is 0 Å². The number of hydrogen-bond acceptors (Lipinski definition) is 8. The summed E-state index contributed by atoms with van der Waals surface area (Å²) in [5.41, 5.74) is -3.41. The smallest absolute Gasteiger partial charge is 0.422 e. The minimum atomic E-state index is -1.23. The van der Waals surface area contributed by atoms with Crippen molar-refractivity contribution in [2.75, 3.05) is 0 Å². The first kappa shape index (κ1) is 17.7. The van der Waals surface area contributed by atoms with Gasteiger partial charge in [-0.05, 0) is 13.8 Å². The Morgan fingerprint density at radius 1 is 1.09 bits per heavy atom. The molecule has 0 radical (unpaired) electrons. The second-order valence-electron chi connectivity index (χ2n) is 4.51. The predicted molar refractivity (Wildman–Crippen MR) is 75.7 cm³/mol. The number of esters is 1. The molecule has 1 rings (SSSR count). The Bertz CT molecular complexity index is 692. The molecule has 0 N–H and O–H groups in total. The molecule has 0 aliphatic rings. The number of nitro groups is 3. The number of carbonyl (C=O) groups excluding carboxylic acids is 1. The molecule has 0 aliphatic heterocycles. The van der Waals surface area contributed by atoms with E-state index in [1.54, 1.807) is 0 Å². The summed E-state index contributed by atoms with van der Waals surface area (Å²) in [5, 5.41) is 32.8. The minimum absolute atomic E-state index is 0.0581. The van der Waals surface area contributed by atoms with Crippen LogP contribution in [0.1, 0.15) is 25.5 Å². The molecule has 0 saturated heterocycles. The van der Waals surface area contributed by atoms with E-state index in [-0.39, 0.29) is 11.1 Å². The highest BCUT2D eigenvalue weighted by atomic mass is 16.6. The summed E-state index contributed by atoms with van der Waals surface area (Å²) < 4.78 is 4.91. The third-order valence-corrected chi connectivity index (χ3v) is 2.77. The van der Waals surface area contributed by atoms with E-state index in [9.17, 15) is 35.1 Å². The molecule has 122 valence electrons. The van der Waals surface area contributed by atoms with Crippen LogP contribution in [0.25, 0.3) is 0 Å². The van der Waals surface area contributed by atoms with Crippen molar-refractivity contribution < 1.29 is 24.3 Å². The van der Waals surface area contributed by atoms with Crippen LogP contribution in [-0.4, -0.2) is 20.7 Å². The van der Waals surface area contributed by atoms with E-state index in [0.29, 0.717) is 0 Å². The lowest BCUT2D eigenvalue weighted by molar-refractivity contribution is -0.441. The molecule has 11 heteroatoms. The van der Waals surface area contributed by atoms with Gasteiger partial charge in [-0.1, -0.05) is 6.58 Å². The fraction of sp³-hybridized carbons (Fsp3) is 0.250. The van der Waals surface area contributed by atoms with Crippen molar-refractivity contribution in [2.45, 2.75) is 20.0 Å². The van der Waals surface area contributed by atoms with Crippen LogP contribution in [0.5, 0.6) is 0 Å². The van der Waals surface area contributed by atoms with E-state index in [1.807, 2.05) is 0 Å². The summed E-state index contributed by atoms with van der Waals surface area (Å²) in [4.78, 5) is 40.8. The van der Waals surface area contributed by atoms with Crippen molar-refractivity contribution in [3.05, 3.63) is 60.2 Å². The summed E-state index contributed by atoms with van der Waals surface area (Å²) in [5.74, 6) is -0.804. The van der Waals surface area contributed by atoms with Gasteiger partial charge >= 0.3 is 23.0 Å². The first-order valence-corrected chi connectivity index (χ1v) is 6.03. The molecule has 1 aromatic rings. The van der Waals surface area contributed by atoms with Gasteiger partial charge in [-0.2, -0.15) is 0 Å². The Labute approximate surface area is 128 Å². The van der Waals surface area contributed by atoms with Crippen molar-refractivity contribution in [3.63, 3.8) is 0 Å². The lowest BCUT2D eigenvalue weighted by Gasteiger charge is -2.13. The highest BCUT2D eigenvalue weighted by Gasteiger charge is 2.37. The molecule has 0 aliphatic carbocycles. The van der Waals surface area contributed by atoms with Gasteiger partial charge in [0.1, 0.15) is 6.10 Å². The maximum absolute atomic E-state index is 11.4. The van der Waals surface area contributed by atoms with Crippen LogP contribution in [0.4, 0.5) is 17.1 Å². The van der Waals surface area contributed by atoms with E-state index in [4.69, 9.17) is 4.74 Å². The highest BCUT2D eigenvalue weighted by Crippen LogP contribution is 2.39. The van der Waals surface area contributed by atoms with E-state index >= 15 is 0 Å². The van der Waals surface area contributed by atoms with Crippen LogP contribution >= 0.6 is 0 Å². The first-order chi connectivity index (χ1) is 10.6. The average Bonchev–Trinajstić information content (AvgIpc) is 2.44. The van der Waals surface area contributed by atoms with Gasteiger partial charge in [-0.3, -0.25) is 30.3 Å². The summed E-state index contributed by atoms with van der Waals surface area (Å²) in [6.07, 6.45) is -1.10. The summed E-state index contributed by atoms with van der Waals surface area (Å²) in [6.45, 7) is 6.04. The van der Waals surface area contributed by atoms with Crippen molar-refractivity contribution in [1.82, 2.24) is 0 Å². The standard InChI is InChI=1S/C12H11N3O8/c1-6(2)12(16)23-7(3)8-4-9(13(17)18)11(15(21)22)10(5-8)14(19)20/h4-5,7H,1H2,2-3H3. The molecule has 0 aromatic heterocycles. The Morgan fingerprint density at radius 3 is 1.83 bits per heavy atom. The topological polar surface area (TPSA) is 156 Å². The fourth-order valence-corrected chi connectivity index (χ4v) is 1.65. The van der Waals surface area contributed by atoms with Gasteiger partial charge in [0.15, 0.2) is 0 Å². The normalized spacial score (nSPS) is 11.4. The van der Waals surface area contributed by atoms with E-state index in [2.05, 4.69) is 6.58 Å². The molecule has 0 amide bonds. The molecule has 23 heavy (non-hydrogen) atoms. The number of nitrogens with zero attached hydrogens (tertiary/aromatic N) is 3. The fourth-order valence-electron chi connectivity index (χ4n) is 1.65. The van der Waals surface area contributed by atoms with Gasteiger partial charge in [0, 0.05) is 23.3 Å². The number of hydrogen-bond donors (Lipinski definition) is 0. The Hall–Kier alpha value is -3.37. The van der Waals surface area contributed by atoms with Gasteiger partial charge in [0.25, 0.3) is 0 Å². The molecule has 0 fully saturated rings. The third-order valence-electron chi connectivity index (χ3n) is 2.77. The zero-order valence-electron chi connectivity index (χ0n) is 12.0. The van der Waals surface area contributed by atoms with Gasteiger partial charge in [0.05, 0.1) is 14.8 Å². The average molecular weight is 325 g/mol. The number of ether oxygens (including phenoxy) is 1. The number of rotatable bonds is 6. The van der Waals surface area contributed by atoms with Gasteiger partial charge in [-0.25, -0.2) is 4.79 Å². The summed E-state index contributed by atoms with van der Waals surface area (Å²) in [7, 11) is 0. The first-order valence-electron chi connectivity index (χ1n) is 6.03. The second-order valence-corrected chi connectivity index (χ2v) is 4.51. The third kappa shape index (κ3) is 3.84. The van der Waals surface area contributed by atoms with Crippen molar-refractivity contribution in [2.24, 2.45) is 0 Å². The maximum atomic E-state index is 11.4. The molecule has 0 saturated carbocycles. The molecule has 11 nitrogen and oxygen atoms in total. The van der Waals surface area contributed by atoms with Gasteiger partial charge in [0.2, 0.25) is 0 Å². The van der Waals surface area contributed by atoms with E-state index in [1.165, 1.54) is 13.8 Å². The second kappa shape index (κ2) is 6.60. The van der Waals surface area contributed by atoms with Crippen molar-refractivity contribution in [1.29, 1.82) is 0 Å². The molecule has 0 bridgehead atoms. The molecule has 0 heterocycles. The highest BCUT2D eigenvalue weighted by molar-refractivity contribution is 5.87. The molecule has 1 aromatic carbocycles. The maximum Gasteiger partial charge on any atom is 0.422 e.